The van der Waals surface area contributed by atoms with Gasteiger partial charge in [0.05, 0.1) is 12.8 Å². The number of hydrogen-bond acceptors (Lipinski definition) is 6. The van der Waals surface area contributed by atoms with E-state index in [4.69, 9.17) is 15.5 Å². The number of imidazole rings is 1. The lowest BCUT2D eigenvalue weighted by Crippen LogP contribution is -2.38. The first-order valence-corrected chi connectivity index (χ1v) is 10.3. The molecule has 3 N–H and O–H groups in total. The molecule has 0 unspecified atom stereocenters. The van der Waals surface area contributed by atoms with E-state index in [2.05, 4.69) is 75.3 Å². The molecule has 0 aliphatic carbocycles. The number of aromatic nitrogens is 4. The SMILES string of the molecule is COc1ccc(I)c(Bc2nc3c(N)ncnc3n2CCNCC(C)(C)C)c1. The van der Waals surface area contributed by atoms with Gasteiger partial charge in [0.25, 0.3) is 0 Å². The quantitative estimate of drug-likeness (QED) is 0.291. The van der Waals surface area contributed by atoms with E-state index in [9.17, 15) is 0 Å². The Morgan fingerprint density at radius 2 is 2.07 bits per heavy atom. The van der Waals surface area contributed by atoms with Crippen molar-refractivity contribution < 1.29 is 4.74 Å². The Hall–Kier alpha value is -1.88. The summed E-state index contributed by atoms with van der Waals surface area (Å²) in [7, 11) is 2.35. The highest BCUT2D eigenvalue weighted by Gasteiger charge is 2.18. The second kappa shape index (κ2) is 8.65. The van der Waals surface area contributed by atoms with Crippen molar-refractivity contribution in [2.75, 3.05) is 25.9 Å². The number of hydrogen-bond donors (Lipinski definition) is 2. The number of halogens is 1. The molecule has 2 aromatic heterocycles. The third-order valence-electron chi connectivity index (χ3n) is 4.41. The Kier molecular flexibility index (Phi) is 6.44. The second-order valence-electron chi connectivity index (χ2n) is 7.98. The molecule has 0 saturated heterocycles. The summed E-state index contributed by atoms with van der Waals surface area (Å²) in [5.74, 6) is 1.25. The van der Waals surface area contributed by atoms with Crippen LogP contribution in [0.3, 0.4) is 0 Å². The number of rotatable bonds is 7. The molecule has 2 heterocycles. The molecule has 0 bridgehead atoms. The van der Waals surface area contributed by atoms with Crippen molar-refractivity contribution in [2.24, 2.45) is 5.41 Å². The summed E-state index contributed by atoms with van der Waals surface area (Å²) < 4.78 is 8.69. The van der Waals surface area contributed by atoms with Crippen LogP contribution in [0.2, 0.25) is 0 Å². The minimum absolute atomic E-state index is 0.239. The normalized spacial score (nSPS) is 11.8. The lowest BCUT2D eigenvalue weighted by Gasteiger charge is -2.19. The van der Waals surface area contributed by atoms with Gasteiger partial charge in [0.1, 0.15) is 17.6 Å². The van der Waals surface area contributed by atoms with E-state index >= 15 is 0 Å². The second-order valence-corrected chi connectivity index (χ2v) is 9.14. The van der Waals surface area contributed by atoms with Gasteiger partial charge in [0, 0.05) is 23.2 Å². The molecule has 0 aliphatic heterocycles. The molecular formula is C19H26BIN6O. The van der Waals surface area contributed by atoms with Crippen LogP contribution in [0.1, 0.15) is 20.8 Å². The maximum Gasteiger partial charge on any atom is 0.239 e. The van der Waals surface area contributed by atoms with E-state index in [1.54, 1.807) is 7.11 Å². The number of fused-ring (bicyclic) bond motifs is 1. The Morgan fingerprint density at radius 3 is 2.79 bits per heavy atom. The number of benzene rings is 1. The minimum atomic E-state index is 0.239. The van der Waals surface area contributed by atoms with Gasteiger partial charge in [-0.15, -0.1) is 0 Å². The van der Waals surface area contributed by atoms with E-state index in [1.165, 1.54) is 9.90 Å². The van der Waals surface area contributed by atoms with Gasteiger partial charge in [0.15, 0.2) is 11.5 Å². The number of ether oxygens (including phenoxy) is 1. The lowest BCUT2D eigenvalue weighted by atomic mass is 9.69. The summed E-state index contributed by atoms with van der Waals surface area (Å²) in [5, 5.41) is 3.52. The van der Waals surface area contributed by atoms with E-state index < -0.39 is 0 Å². The third-order valence-corrected chi connectivity index (χ3v) is 5.46. The molecule has 0 atom stereocenters. The molecular weight excluding hydrogens is 466 g/mol. The molecule has 148 valence electrons. The van der Waals surface area contributed by atoms with Crippen LogP contribution < -0.4 is 27.0 Å². The smallest absolute Gasteiger partial charge is 0.239 e. The Balaban J connectivity index is 1.91. The van der Waals surface area contributed by atoms with Crippen molar-refractivity contribution in [1.82, 2.24) is 24.8 Å². The standard InChI is InChI=1S/C19H26BIN6O/c1-19(2,3)10-23-7-8-27-17-15(16(22)24-11-25-17)26-18(27)20-13-9-12(28-4)5-6-14(13)21/h5-6,9,11,20,23H,7-8,10H2,1-4H3,(H2,22,24,25). The first kappa shape index (κ1) is 20.8. The number of methoxy groups -OCH3 is 1. The van der Waals surface area contributed by atoms with Crippen LogP contribution in [-0.4, -0.2) is 47.0 Å². The Morgan fingerprint density at radius 1 is 1.29 bits per heavy atom. The molecule has 0 saturated carbocycles. The van der Waals surface area contributed by atoms with Crippen molar-refractivity contribution in [2.45, 2.75) is 27.3 Å². The predicted octanol–water partition coefficient (Wildman–Crippen LogP) is 1.04. The van der Waals surface area contributed by atoms with Crippen LogP contribution in [0.25, 0.3) is 11.2 Å². The lowest BCUT2D eigenvalue weighted by molar-refractivity contribution is 0.376. The van der Waals surface area contributed by atoms with Crippen molar-refractivity contribution in [3.63, 3.8) is 0 Å². The van der Waals surface area contributed by atoms with Crippen molar-refractivity contribution in [3.05, 3.63) is 28.1 Å². The van der Waals surface area contributed by atoms with Gasteiger partial charge in [-0.2, -0.15) is 0 Å². The van der Waals surface area contributed by atoms with Gasteiger partial charge in [-0.3, -0.25) is 0 Å². The zero-order valence-electron chi connectivity index (χ0n) is 16.8. The van der Waals surface area contributed by atoms with Crippen LogP contribution in [0.15, 0.2) is 24.5 Å². The van der Waals surface area contributed by atoms with E-state index in [0.717, 1.165) is 42.2 Å². The largest absolute Gasteiger partial charge is 0.497 e. The highest BCUT2D eigenvalue weighted by Crippen LogP contribution is 2.15. The van der Waals surface area contributed by atoms with Crippen LogP contribution in [0, 0.1) is 8.99 Å². The highest BCUT2D eigenvalue weighted by atomic mass is 127. The van der Waals surface area contributed by atoms with Gasteiger partial charge in [-0.1, -0.05) is 26.2 Å². The van der Waals surface area contributed by atoms with Crippen LogP contribution in [0.4, 0.5) is 5.82 Å². The van der Waals surface area contributed by atoms with E-state index in [0.29, 0.717) is 18.6 Å². The Bertz CT molecular complexity index is 969. The Labute approximate surface area is 179 Å². The first-order valence-electron chi connectivity index (χ1n) is 9.27. The molecule has 28 heavy (non-hydrogen) atoms. The highest BCUT2D eigenvalue weighted by molar-refractivity contribution is 14.1. The molecule has 0 fully saturated rings. The van der Waals surface area contributed by atoms with Gasteiger partial charge in [0.2, 0.25) is 7.28 Å². The van der Waals surface area contributed by atoms with Crippen molar-refractivity contribution in [3.8, 4) is 5.75 Å². The number of nitrogens with one attached hydrogen (secondary N) is 1. The van der Waals surface area contributed by atoms with Gasteiger partial charge >= 0.3 is 0 Å². The molecule has 3 rings (SSSR count). The average molecular weight is 492 g/mol. The molecule has 0 amide bonds. The number of anilines is 1. The fourth-order valence-corrected chi connectivity index (χ4v) is 3.53. The summed E-state index contributed by atoms with van der Waals surface area (Å²) in [5.41, 5.74) is 9.81. The maximum atomic E-state index is 6.06. The molecule has 7 nitrogen and oxygen atoms in total. The maximum absolute atomic E-state index is 6.06. The fourth-order valence-electron chi connectivity index (χ4n) is 3.01. The van der Waals surface area contributed by atoms with Crippen molar-refractivity contribution >= 4 is 58.0 Å². The summed E-state index contributed by atoms with van der Waals surface area (Å²) in [4.78, 5) is 13.3. The van der Waals surface area contributed by atoms with Gasteiger partial charge in [-0.25, -0.2) is 15.0 Å². The predicted molar refractivity (Wildman–Crippen MR) is 124 cm³/mol. The average Bonchev–Trinajstić information content (AvgIpc) is 2.98. The molecule has 3 aromatic rings. The topological polar surface area (TPSA) is 90.9 Å². The molecule has 9 heteroatoms. The molecule has 1 aromatic carbocycles. The van der Waals surface area contributed by atoms with Crippen LogP contribution in [-0.2, 0) is 6.54 Å². The fraction of sp³-hybridized carbons (Fsp3) is 0.421. The number of nitrogens with zero attached hydrogens (tertiary/aromatic N) is 4. The summed E-state index contributed by atoms with van der Waals surface area (Å²) in [6.45, 7) is 9.19. The first-order chi connectivity index (χ1) is 13.3. The minimum Gasteiger partial charge on any atom is -0.497 e. The number of nitrogens with two attached hydrogens (primary N) is 1. The van der Waals surface area contributed by atoms with Crippen molar-refractivity contribution in [1.29, 1.82) is 0 Å². The van der Waals surface area contributed by atoms with E-state index in [1.807, 2.05) is 6.07 Å². The summed E-state index contributed by atoms with van der Waals surface area (Å²) in [6, 6.07) is 6.08. The van der Waals surface area contributed by atoms with E-state index in [-0.39, 0.29) is 5.41 Å². The van der Waals surface area contributed by atoms with Gasteiger partial charge < -0.3 is 20.4 Å². The number of nitrogen functional groups attached to an aromatic ring is 1. The third kappa shape index (κ3) is 4.94. The molecule has 0 spiro atoms. The molecule has 0 radical (unpaired) electrons. The summed E-state index contributed by atoms with van der Waals surface area (Å²) in [6.07, 6.45) is 1.50. The zero-order valence-corrected chi connectivity index (χ0v) is 18.9. The van der Waals surface area contributed by atoms with Crippen LogP contribution in [0.5, 0.6) is 5.75 Å². The van der Waals surface area contributed by atoms with Crippen LogP contribution >= 0.6 is 22.6 Å². The zero-order chi connectivity index (χ0) is 20.3. The molecule has 0 aliphatic rings. The summed E-state index contributed by atoms with van der Waals surface area (Å²) >= 11 is 2.34. The monoisotopic (exact) mass is 492 g/mol. The van der Waals surface area contributed by atoms with Gasteiger partial charge in [-0.05, 0) is 46.2 Å².